The largest absolute Gasteiger partial charge is 0.478 e. The Labute approximate surface area is 121 Å². The van der Waals surface area contributed by atoms with Crippen molar-refractivity contribution in [2.24, 2.45) is 5.92 Å². The average molecular weight is 275 g/mol. The zero-order valence-electron chi connectivity index (χ0n) is 12.1. The number of hydrogen-bond donors (Lipinski definition) is 2. The minimum absolute atomic E-state index is 0.355. The van der Waals surface area contributed by atoms with Crippen LogP contribution in [0.4, 0.5) is 0 Å². The van der Waals surface area contributed by atoms with Gasteiger partial charge >= 0.3 is 5.97 Å². The zero-order valence-corrected chi connectivity index (χ0v) is 12.1. The molecule has 0 heterocycles. The van der Waals surface area contributed by atoms with Crippen molar-refractivity contribution < 1.29 is 9.90 Å². The van der Waals surface area contributed by atoms with Gasteiger partial charge in [0.1, 0.15) is 0 Å². The van der Waals surface area contributed by atoms with Gasteiger partial charge in [-0.2, -0.15) is 0 Å². The van der Waals surface area contributed by atoms with E-state index in [0.29, 0.717) is 5.56 Å². The van der Waals surface area contributed by atoms with E-state index in [0.717, 1.165) is 24.6 Å². The predicted octanol–water partition coefficient (Wildman–Crippen LogP) is 3.83. The fourth-order valence-corrected chi connectivity index (χ4v) is 2.93. The Balaban J connectivity index is 1.72. The van der Waals surface area contributed by atoms with Crippen molar-refractivity contribution in [1.29, 1.82) is 0 Å². The number of benzene rings is 1. The van der Waals surface area contributed by atoms with Crippen molar-refractivity contribution in [2.45, 2.75) is 51.5 Å². The van der Waals surface area contributed by atoms with Crippen LogP contribution in [-0.4, -0.2) is 17.6 Å². The van der Waals surface area contributed by atoms with Crippen LogP contribution >= 0.6 is 0 Å². The van der Waals surface area contributed by atoms with E-state index in [1.807, 2.05) is 12.1 Å². The summed E-state index contributed by atoms with van der Waals surface area (Å²) in [7, 11) is 0. The van der Waals surface area contributed by atoms with Gasteiger partial charge in [-0.1, -0.05) is 44.2 Å². The highest BCUT2D eigenvalue weighted by Gasteiger charge is 2.10. The summed E-state index contributed by atoms with van der Waals surface area (Å²) in [6, 6.07) is 7.15. The molecule has 2 N–H and O–H groups in total. The van der Waals surface area contributed by atoms with E-state index in [9.17, 15) is 4.79 Å². The Morgan fingerprint density at radius 1 is 1.05 bits per heavy atom. The van der Waals surface area contributed by atoms with Gasteiger partial charge in [0.25, 0.3) is 0 Å². The second kappa shape index (κ2) is 8.05. The molecule has 1 aliphatic carbocycles. The molecule has 1 fully saturated rings. The number of carboxylic acids is 1. The first-order valence-corrected chi connectivity index (χ1v) is 7.78. The third-order valence-electron chi connectivity index (χ3n) is 4.19. The summed E-state index contributed by atoms with van der Waals surface area (Å²) in [5, 5.41) is 12.4. The van der Waals surface area contributed by atoms with Crippen molar-refractivity contribution in [3.63, 3.8) is 0 Å². The van der Waals surface area contributed by atoms with Gasteiger partial charge in [-0.05, 0) is 43.0 Å². The molecule has 3 nitrogen and oxygen atoms in total. The molecule has 20 heavy (non-hydrogen) atoms. The van der Waals surface area contributed by atoms with Crippen LogP contribution in [0, 0.1) is 5.92 Å². The lowest BCUT2D eigenvalue weighted by Gasteiger charge is -2.20. The molecule has 1 saturated carbocycles. The monoisotopic (exact) mass is 275 g/mol. The van der Waals surface area contributed by atoms with E-state index >= 15 is 0 Å². The Morgan fingerprint density at radius 2 is 1.65 bits per heavy atom. The van der Waals surface area contributed by atoms with E-state index in [1.54, 1.807) is 12.1 Å². The Kier molecular flexibility index (Phi) is 6.06. The molecule has 0 atom stereocenters. The van der Waals surface area contributed by atoms with E-state index in [4.69, 9.17) is 5.11 Å². The molecule has 0 spiro atoms. The average Bonchev–Trinajstić information content (AvgIpc) is 2.41. The maximum Gasteiger partial charge on any atom is 0.335 e. The van der Waals surface area contributed by atoms with Crippen LogP contribution in [0.15, 0.2) is 24.3 Å². The number of carbonyl (C=O) groups is 1. The third kappa shape index (κ3) is 4.97. The van der Waals surface area contributed by atoms with Crippen molar-refractivity contribution in [2.75, 3.05) is 6.54 Å². The van der Waals surface area contributed by atoms with Gasteiger partial charge in [0.15, 0.2) is 0 Å². The molecular weight excluding hydrogens is 250 g/mol. The molecule has 0 saturated heterocycles. The Morgan fingerprint density at radius 3 is 2.25 bits per heavy atom. The fraction of sp³-hybridized carbons (Fsp3) is 0.588. The van der Waals surface area contributed by atoms with Crippen molar-refractivity contribution in [3.05, 3.63) is 35.4 Å². The maximum atomic E-state index is 10.8. The molecule has 0 radical (unpaired) electrons. The fourth-order valence-electron chi connectivity index (χ4n) is 2.93. The summed E-state index contributed by atoms with van der Waals surface area (Å²) in [4.78, 5) is 10.8. The molecule has 0 amide bonds. The lowest BCUT2D eigenvalue weighted by atomic mass is 9.91. The zero-order chi connectivity index (χ0) is 14.2. The molecule has 3 heteroatoms. The number of rotatable bonds is 5. The molecule has 0 aromatic heterocycles. The molecule has 1 aromatic rings. The number of hydrogen-bond acceptors (Lipinski definition) is 2. The van der Waals surface area contributed by atoms with Gasteiger partial charge in [-0.25, -0.2) is 4.79 Å². The molecular formula is C17H25NO2. The van der Waals surface area contributed by atoms with Gasteiger partial charge in [-0.15, -0.1) is 0 Å². The molecule has 1 aromatic carbocycles. The summed E-state index contributed by atoms with van der Waals surface area (Å²) in [6.45, 7) is 1.91. The van der Waals surface area contributed by atoms with E-state index in [1.165, 1.54) is 44.9 Å². The molecule has 2 rings (SSSR count). The summed E-state index contributed by atoms with van der Waals surface area (Å²) >= 11 is 0. The number of nitrogens with one attached hydrogen (secondary N) is 1. The van der Waals surface area contributed by atoms with Crippen molar-refractivity contribution >= 4 is 5.97 Å². The highest BCUT2D eigenvalue weighted by molar-refractivity contribution is 5.87. The molecule has 1 aliphatic rings. The van der Waals surface area contributed by atoms with Crippen molar-refractivity contribution in [3.8, 4) is 0 Å². The second-order valence-corrected chi connectivity index (χ2v) is 5.84. The topological polar surface area (TPSA) is 49.3 Å². The highest BCUT2D eigenvalue weighted by Crippen LogP contribution is 2.21. The van der Waals surface area contributed by atoms with Crippen LogP contribution < -0.4 is 5.32 Å². The molecule has 0 unspecified atom stereocenters. The quantitative estimate of drug-likeness (QED) is 0.858. The maximum absolute atomic E-state index is 10.8. The van der Waals surface area contributed by atoms with E-state index in [-0.39, 0.29) is 0 Å². The highest BCUT2D eigenvalue weighted by atomic mass is 16.4. The normalized spacial score (nSPS) is 17.4. The van der Waals surface area contributed by atoms with Crippen LogP contribution in [-0.2, 0) is 6.54 Å². The minimum atomic E-state index is -0.862. The van der Waals surface area contributed by atoms with Crippen LogP contribution in [0.1, 0.15) is 60.9 Å². The number of aromatic carboxylic acids is 1. The summed E-state index contributed by atoms with van der Waals surface area (Å²) in [6.07, 6.45) is 9.66. The lowest BCUT2D eigenvalue weighted by Crippen LogP contribution is -2.23. The van der Waals surface area contributed by atoms with Gasteiger partial charge in [0.05, 0.1) is 5.56 Å². The number of carboxylic acid groups (broad SMARTS) is 1. The lowest BCUT2D eigenvalue weighted by molar-refractivity contribution is 0.0697. The van der Waals surface area contributed by atoms with Gasteiger partial charge < -0.3 is 10.4 Å². The molecule has 0 aliphatic heterocycles. The summed E-state index contributed by atoms with van der Waals surface area (Å²) in [5.41, 5.74) is 1.51. The van der Waals surface area contributed by atoms with Crippen LogP contribution in [0.5, 0.6) is 0 Å². The molecule has 0 bridgehead atoms. The van der Waals surface area contributed by atoms with E-state index in [2.05, 4.69) is 5.32 Å². The smallest absolute Gasteiger partial charge is 0.335 e. The van der Waals surface area contributed by atoms with Crippen LogP contribution in [0.3, 0.4) is 0 Å². The van der Waals surface area contributed by atoms with Gasteiger partial charge in [0, 0.05) is 6.54 Å². The second-order valence-electron chi connectivity index (χ2n) is 5.84. The van der Waals surface area contributed by atoms with Crippen molar-refractivity contribution in [1.82, 2.24) is 5.32 Å². The standard InChI is InChI=1S/C17H25NO2/c19-17(20)16-10-8-15(9-11-16)13-18-12-14-6-4-2-1-3-5-7-14/h8-11,14,18H,1-7,12-13H2,(H,19,20). The van der Waals surface area contributed by atoms with E-state index < -0.39 is 5.97 Å². The van der Waals surface area contributed by atoms with Crippen LogP contribution in [0.2, 0.25) is 0 Å². The molecule has 110 valence electrons. The van der Waals surface area contributed by atoms with Gasteiger partial charge in [-0.3, -0.25) is 0 Å². The Hall–Kier alpha value is -1.35. The third-order valence-corrected chi connectivity index (χ3v) is 4.19. The Bertz CT molecular complexity index is 406. The minimum Gasteiger partial charge on any atom is -0.478 e. The van der Waals surface area contributed by atoms with Gasteiger partial charge in [0.2, 0.25) is 0 Å². The first-order chi connectivity index (χ1) is 9.75. The summed E-state index contributed by atoms with van der Waals surface area (Å²) in [5.74, 6) is -0.0485. The first-order valence-electron chi connectivity index (χ1n) is 7.78. The van der Waals surface area contributed by atoms with Crippen LogP contribution in [0.25, 0.3) is 0 Å². The summed E-state index contributed by atoms with van der Waals surface area (Å²) < 4.78 is 0. The SMILES string of the molecule is O=C(O)c1ccc(CNCC2CCCCCCC2)cc1. The predicted molar refractivity (Wildman–Crippen MR) is 80.9 cm³/mol. The first kappa shape index (κ1) is 15.0.